The Morgan fingerprint density at radius 3 is 2.19 bits per heavy atom. The minimum atomic E-state index is -0.730. The summed E-state index contributed by atoms with van der Waals surface area (Å²) >= 11 is 0. The quantitative estimate of drug-likeness (QED) is 0.838. The van der Waals surface area contributed by atoms with Gasteiger partial charge in [-0.25, -0.2) is 4.79 Å². The van der Waals surface area contributed by atoms with Crippen molar-refractivity contribution in [1.29, 1.82) is 0 Å². The molecule has 0 radical (unpaired) electrons. The third-order valence-corrected chi connectivity index (χ3v) is 5.18. The van der Waals surface area contributed by atoms with E-state index >= 15 is 0 Å². The Balaban J connectivity index is 2.47. The maximum Gasteiger partial charge on any atom is 0.317 e. The Morgan fingerprint density at radius 1 is 1.29 bits per heavy atom. The number of carboxylic acid groups (broad SMARTS) is 1. The van der Waals surface area contributed by atoms with E-state index in [0.29, 0.717) is 44.8 Å². The first-order valence-corrected chi connectivity index (χ1v) is 7.88. The normalized spacial score (nSPS) is 20.0. The number of urea groups is 1. The number of carbonyl (C=O) groups excluding carboxylic acids is 1. The minimum absolute atomic E-state index is 0.0683. The fourth-order valence-electron chi connectivity index (χ4n) is 2.51. The Hall–Kier alpha value is -1.26. The molecule has 0 aromatic carbocycles. The van der Waals surface area contributed by atoms with Crippen molar-refractivity contribution in [2.45, 2.75) is 53.9 Å². The zero-order valence-corrected chi connectivity index (χ0v) is 14.0. The van der Waals surface area contributed by atoms with E-state index in [1.54, 1.807) is 4.90 Å². The molecule has 0 saturated carbocycles. The van der Waals surface area contributed by atoms with Crippen LogP contribution < -0.4 is 5.32 Å². The average Bonchev–Trinajstić information content (AvgIpc) is 2.43. The fraction of sp³-hybridized carbons (Fsp3) is 0.875. The second-order valence-electron chi connectivity index (χ2n) is 7.38. The molecule has 1 heterocycles. The summed E-state index contributed by atoms with van der Waals surface area (Å²) in [5.41, 5.74) is -0.481. The maximum absolute atomic E-state index is 12.2. The van der Waals surface area contributed by atoms with Crippen LogP contribution in [0, 0.1) is 16.7 Å². The second-order valence-corrected chi connectivity index (χ2v) is 7.38. The van der Waals surface area contributed by atoms with E-state index in [1.807, 2.05) is 6.92 Å². The molecule has 1 saturated heterocycles. The van der Waals surface area contributed by atoms with Crippen molar-refractivity contribution in [2.24, 2.45) is 16.7 Å². The number of piperidine rings is 1. The van der Waals surface area contributed by atoms with Crippen molar-refractivity contribution in [2.75, 3.05) is 19.6 Å². The predicted octanol–water partition coefficient (Wildman–Crippen LogP) is 2.96. The van der Waals surface area contributed by atoms with Crippen LogP contribution in [0.3, 0.4) is 0 Å². The number of carbonyl (C=O) groups is 2. The number of nitrogens with one attached hydrogen (secondary N) is 1. The van der Waals surface area contributed by atoms with Gasteiger partial charge in [-0.05, 0) is 30.6 Å². The van der Waals surface area contributed by atoms with Crippen molar-refractivity contribution < 1.29 is 14.7 Å². The largest absolute Gasteiger partial charge is 0.481 e. The Kier molecular flexibility index (Phi) is 5.65. The first-order valence-electron chi connectivity index (χ1n) is 7.88. The van der Waals surface area contributed by atoms with Crippen LogP contribution in [0.25, 0.3) is 0 Å². The molecular formula is C16H30N2O3. The maximum atomic E-state index is 12.2. The number of amides is 2. The molecule has 1 unspecified atom stereocenters. The van der Waals surface area contributed by atoms with Gasteiger partial charge in [0.2, 0.25) is 0 Å². The Labute approximate surface area is 128 Å². The van der Waals surface area contributed by atoms with Crippen molar-refractivity contribution >= 4 is 12.0 Å². The molecule has 1 aliphatic heterocycles. The van der Waals surface area contributed by atoms with Gasteiger partial charge in [0.15, 0.2) is 0 Å². The number of aliphatic carboxylic acids is 1. The SMILES string of the molecule is CCC1(C(=O)O)CCN(C(=O)NCC(C)C(C)(C)C)CC1. The van der Waals surface area contributed by atoms with Crippen LogP contribution in [0.2, 0.25) is 0 Å². The lowest BCUT2D eigenvalue weighted by atomic mass is 9.76. The van der Waals surface area contributed by atoms with Crippen LogP contribution in [0.4, 0.5) is 4.79 Å². The van der Waals surface area contributed by atoms with E-state index in [2.05, 4.69) is 33.0 Å². The lowest BCUT2D eigenvalue weighted by Crippen LogP contribution is -2.50. The molecule has 0 bridgehead atoms. The predicted molar refractivity (Wildman–Crippen MR) is 83.2 cm³/mol. The van der Waals surface area contributed by atoms with Crippen molar-refractivity contribution in [3.63, 3.8) is 0 Å². The van der Waals surface area contributed by atoms with E-state index < -0.39 is 11.4 Å². The molecule has 0 aromatic rings. The van der Waals surface area contributed by atoms with Crippen LogP contribution in [-0.2, 0) is 4.79 Å². The van der Waals surface area contributed by atoms with Crippen molar-refractivity contribution in [1.82, 2.24) is 10.2 Å². The Morgan fingerprint density at radius 2 is 1.81 bits per heavy atom. The monoisotopic (exact) mass is 298 g/mol. The van der Waals surface area contributed by atoms with Crippen molar-refractivity contribution in [3.8, 4) is 0 Å². The molecule has 122 valence electrons. The van der Waals surface area contributed by atoms with Gasteiger partial charge in [-0.15, -0.1) is 0 Å². The average molecular weight is 298 g/mol. The first kappa shape index (κ1) is 17.8. The van der Waals surface area contributed by atoms with Crippen LogP contribution in [-0.4, -0.2) is 41.6 Å². The topological polar surface area (TPSA) is 69.6 Å². The highest BCUT2D eigenvalue weighted by Gasteiger charge is 2.40. The third kappa shape index (κ3) is 4.35. The highest BCUT2D eigenvalue weighted by Crippen LogP contribution is 2.35. The molecule has 5 nitrogen and oxygen atoms in total. The zero-order valence-electron chi connectivity index (χ0n) is 14.0. The highest BCUT2D eigenvalue weighted by atomic mass is 16.4. The van der Waals surface area contributed by atoms with Crippen LogP contribution in [0.15, 0.2) is 0 Å². The number of hydrogen-bond donors (Lipinski definition) is 2. The summed E-state index contributed by atoms with van der Waals surface area (Å²) in [6, 6.07) is -0.0683. The van der Waals surface area contributed by atoms with Gasteiger partial charge in [0, 0.05) is 19.6 Å². The molecule has 2 amide bonds. The number of hydrogen-bond acceptors (Lipinski definition) is 2. The van der Waals surface area contributed by atoms with Crippen LogP contribution >= 0.6 is 0 Å². The minimum Gasteiger partial charge on any atom is -0.481 e. The molecule has 2 N–H and O–H groups in total. The molecule has 21 heavy (non-hydrogen) atoms. The lowest BCUT2D eigenvalue weighted by Gasteiger charge is -2.38. The summed E-state index contributed by atoms with van der Waals surface area (Å²) in [5.74, 6) is -0.341. The molecule has 1 fully saturated rings. The summed E-state index contributed by atoms with van der Waals surface area (Å²) in [6.07, 6.45) is 1.71. The molecular weight excluding hydrogens is 268 g/mol. The number of carboxylic acids is 1. The Bertz CT molecular complexity index is 379. The number of nitrogens with zero attached hydrogens (tertiary/aromatic N) is 1. The fourth-order valence-corrected chi connectivity index (χ4v) is 2.51. The van der Waals surface area contributed by atoms with Crippen LogP contribution in [0.1, 0.15) is 53.9 Å². The third-order valence-electron chi connectivity index (χ3n) is 5.18. The smallest absolute Gasteiger partial charge is 0.317 e. The van der Waals surface area contributed by atoms with Gasteiger partial charge in [-0.1, -0.05) is 34.6 Å². The summed E-state index contributed by atoms with van der Waals surface area (Å²) < 4.78 is 0. The van der Waals surface area contributed by atoms with E-state index in [0.717, 1.165) is 0 Å². The second kappa shape index (κ2) is 6.67. The molecule has 1 aliphatic rings. The van der Waals surface area contributed by atoms with Gasteiger partial charge in [-0.2, -0.15) is 0 Å². The van der Waals surface area contributed by atoms with E-state index in [9.17, 15) is 14.7 Å². The molecule has 5 heteroatoms. The summed E-state index contributed by atoms with van der Waals surface area (Å²) in [6.45, 7) is 12.2. The van der Waals surface area contributed by atoms with Gasteiger partial charge in [0.25, 0.3) is 0 Å². The summed E-state index contributed by atoms with van der Waals surface area (Å²) in [5, 5.41) is 12.3. The van der Waals surface area contributed by atoms with Gasteiger partial charge in [0.1, 0.15) is 0 Å². The standard InChI is InChI=1S/C16H30N2O3/c1-6-16(13(19)20)7-9-18(10-8-16)14(21)17-11-12(2)15(3,4)5/h12H,6-11H2,1-5H3,(H,17,21)(H,19,20). The first-order chi connectivity index (χ1) is 9.62. The summed E-state index contributed by atoms with van der Waals surface area (Å²) in [7, 11) is 0. The molecule has 1 atom stereocenters. The molecule has 0 aromatic heterocycles. The van der Waals surface area contributed by atoms with E-state index in [1.165, 1.54) is 0 Å². The number of rotatable bonds is 4. The zero-order chi connectivity index (χ0) is 16.3. The van der Waals surface area contributed by atoms with Gasteiger partial charge >= 0.3 is 12.0 Å². The molecule has 1 rings (SSSR count). The number of likely N-dealkylation sites (tertiary alicyclic amines) is 1. The van der Waals surface area contributed by atoms with Gasteiger partial charge in [0.05, 0.1) is 5.41 Å². The highest BCUT2D eigenvalue weighted by molar-refractivity contribution is 5.77. The van der Waals surface area contributed by atoms with E-state index in [-0.39, 0.29) is 11.4 Å². The van der Waals surface area contributed by atoms with E-state index in [4.69, 9.17) is 0 Å². The van der Waals surface area contributed by atoms with Crippen LogP contribution in [0.5, 0.6) is 0 Å². The van der Waals surface area contributed by atoms with Crippen molar-refractivity contribution in [3.05, 3.63) is 0 Å². The molecule has 0 spiro atoms. The summed E-state index contributed by atoms with van der Waals surface area (Å²) in [4.78, 5) is 25.3. The van der Waals surface area contributed by atoms with Gasteiger partial charge in [-0.3, -0.25) is 4.79 Å². The van der Waals surface area contributed by atoms with Gasteiger partial charge < -0.3 is 15.3 Å². The molecule has 0 aliphatic carbocycles. The lowest BCUT2D eigenvalue weighted by molar-refractivity contribution is -0.151.